The fraction of sp³-hybridized carbons (Fsp3) is 0.409. The molecule has 2 saturated heterocycles. The van der Waals surface area contributed by atoms with E-state index in [2.05, 4.69) is 43.6 Å². The molecule has 2 aliphatic heterocycles. The second-order valence-electron chi connectivity index (χ2n) is 8.18. The van der Waals surface area contributed by atoms with E-state index in [0.29, 0.717) is 10.9 Å². The van der Waals surface area contributed by atoms with Crippen LogP contribution in [0.1, 0.15) is 42.7 Å². The maximum atomic E-state index is 12.3. The van der Waals surface area contributed by atoms with Crippen LogP contribution in [0.3, 0.4) is 0 Å². The molecule has 7 heteroatoms. The number of anilines is 1. The molecule has 6 nitrogen and oxygen atoms in total. The van der Waals surface area contributed by atoms with Crippen molar-refractivity contribution in [2.45, 2.75) is 31.6 Å². The summed E-state index contributed by atoms with van der Waals surface area (Å²) in [5, 5.41) is 10.6. The molecule has 29 heavy (non-hydrogen) atoms. The van der Waals surface area contributed by atoms with Crippen molar-refractivity contribution in [1.29, 1.82) is 0 Å². The molecule has 2 aromatic heterocycles. The third-order valence-corrected chi connectivity index (χ3v) is 6.92. The molecule has 150 valence electrons. The maximum Gasteiger partial charge on any atom is 0.226 e. The van der Waals surface area contributed by atoms with E-state index in [4.69, 9.17) is 11.6 Å². The molecule has 2 N–H and O–H groups in total. The lowest BCUT2D eigenvalue weighted by atomic mass is 9.77. The molecule has 1 amide bonds. The van der Waals surface area contributed by atoms with Crippen LogP contribution < -0.4 is 10.2 Å². The average molecular weight is 410 g/mol. The topological polar surface area (TPSA) is 73.9 Å². The van der Waals surface area contributed by atoms with Crippen LogP contribution >= 0.6 is 11.6 Å². The molecule has 0 radical (unpaired) electrons. The minimum atomic E-state index is -0.183. The Morgan fingerprint density at radius 3 is 2.69 bits per heavy atom. The molecule has 3 aliphatic rings. The van der Waals surface area contributed by atoms with Gasteiger partial charge >= 0.3 is 0 Å². The van der Waals surface area contributed by atoms with Crippen molar-refractivity contribution in [3.8, 4) is 0 Å². The van der Waals surface area contributed by atoms with Crippen molar-refractivity contribution in [1.82, 2.24) is 20.5 Å². The predicted octanol–water partition coefficient (Wildman–Crippen LogP) is 3.69. The van der Waals surface area contributed by atoms with E-state index in [1.54, 1.807) is 6.20 Å². The number of nitrogens with zero attached hydrogens (tertiary/aromatic N) is 3. The summed E-state index contributed by atoms with van der Waals surface area (Å²) in [6.45, 7) is 2.47. The maximum absolute atomic E-state index is 12.3. The number of amides is 1. The molecule has 0 saturated carbocycles. The number of halogens is 1. The van der Waals surface area contributed by atoms with Crippen molar-refractivity contribution in [3.05, 3.63) is 59.2 Å². The first-order valence-electron chi connectivity index (χ1n) is 10.2. The van der Waals surface area contributed by atoms with Gasteiger partial charge in [-0.2, -0.15) is 5.10 Å². The van der Waals surface area contributed by atoms with Gasteiger partial charge in [-0.1, -0.05) is 29.8 Å². The first-order chi connectivity index (χ1) is 14.2. The summed E-state index contributed by atoms with van der Waals surface area (Å²) in [7, 11) is 0. The van der Waals surface area contributed by atoms with Gasteiger partial charge in [0.1, 0.15) is 0 Å². The highest BCUT2D eigenvalue weighted by molar-refractivity contribution is 6.33. The summed E-state index contributed by atoms with van der Waals surface area (Å²) >= 11 is 6.62. The number of carbonyl (C=O) groups excluding carboxylic acids is 1. The summed E-state index contributed by atoms with van der Waals surface area (Å²) in [6.07, 6.45) is 17.7. The van der Waals surface area contributed by atoms with Gasteiger partial charge in [-0.05, 0) is 36.8 Å². The number of aromatic amines is 1. The van der Waals surface area contributed by atoms with Gasteiger partial charge in [0.25, 0.3) is 0 Å². The van der Waals surface area contributed by atoms with Crippen molar-refractivity contribution in [2.75, 3.05) is 24.5 Å². The molecule has 1 atom stereocenters. The zero-order valence-electron chi connectivity index (χ0n) is 16.2. The van der Waals surface area contributed by atoms with E-state index in [0.717, 1.165) is 62.1 Å². The number of piperidine rings is 1. The number of hydrogen-bond acceptors (Lipinski definition) is 4. The van der Waals surface area contributed by atoms with Crippen LogP contribution in [-0.4, -0.2) is 40.7 Å². The minimum absolute atomic E-state index is 0.183. The smallest absolute Gasteiger partial charge is 0.226 e. The quantitative estimate of drug-likeness (QED) is 0.810. The number of rotatable bonds is 3. The Balaban J connectivity index is 1.39. The Hall–Kier alpha value is -2.60. The van der Waals surface area contributed by atoms with Crippen molar-refractivity contribution in [2.24, 2.45) is 5.41 Å². The molecule has 4 heterocycles. The lowest BCUT2D eigenvalue weighted by molar-refractivity contribution is -0.128. The standard InChI is InChI=1S/C22H24ClN5O/c23-19-14-24-13-18(16-3-1-15(2-4-16)17-11-26-27-12-17)20(19)28-9-6-22(7-10-28)5-8-25-21(22)29/h1,3-4,11-15H,2,5-10H2,(H,25,29)(H,26,27). The fourth-order valence-electron chi connectivity index (χ4n) is 4.84. The molecule has 2 aromatic rings. The lowest BCUT2D eigenvalue weighted by Crippen LogP contribution is -2.44. The van der Waals surface area contributed by atoms with Crippen LogP contribution in [0.4, 0.5) is 5.69 Å². The molecular weight excluding hydrogens is 386 g/mol. The molecule has 2 fully saturated rings. The number of aromatic nitrogens is 3. The van der Waals surface area contributed by atoms with E-state index in [-0.39, 0.29) is 11.3 Å². The second kappa shape index (κ2) is 7.34. The predicted molar refractivity (Wildman–Crippen MR) is 114 cm³/mol. The average Bonchev–Trinajstić information content (AvgIpc) is 3.40. The molecule has 1 aliphatic carbocycles. The van der Waals surface area contributed by atoms with E-state index in [1.165, 1.54) is 5.56 Å². The van der Waals surface area contributed by atoms with Gasteiger partial charge < -0.3 is 10.2 Å². The SMILES string of the molecule is O=C1NCCC12CCN(c1c(Cl)cncc1C1=CCC(c3cn[nH]c3)C=C1)CC2. The fourth-order valence-corrected chi connectivity index (χ4v) is 5.12. The summed E-state index contributed by atoms with van der Waals surface area (Å²) in [5.74, 6) is 0.560. The van der Waals surface area contributed by atoms with E-state index in [1.807, 2.05) is 18.6 Å². The van der Waals surface area contributed by atoms with Gasteiger partial charge in [-0.15, -0.1) is 0 Å². The number of carbonyl (C=O) groups is 1. The van der Waals surface area contributed by atoms with Crippen LogP contribution in [0.5, 0.6) is 0 Å². The Morgan fingerprint density at radius 2 is 2.03 bits per heavy atom. The monoisotopic (exact) mass is 409 g/mol. The molecule has 1 spiro atoms. The Bertz CT molecular complexity index is 973. The van der Waals surface area contributed by atoms with Crippen LogP contribution in [0, 0.1) is 5.41 Å². The Kier molecular flexibility index (Phi) is 4.66. The van der Waals surface area contributed by atoms with Crippen molar-refractivity contribution >= 4 is 28.8 Å². The lowest BCUT2D eigenvalue weighted by Gasteiger charge is -2.39. The van der Waals surface area contributed by atoms with E-state index >= 15 is 0 Å². The Labute approximate surface area is 175 Å². The highest BCUT2D eigenvalue weighted by Crippen LogP contribution is 2.43. The van der Waals surface area contributed by atoms with Crippen LogP contribution in [0.25, 0.3) is 5.57 Å². The number of hydrogen-bond donors (Lipinski definition) is 2. The van der Waals surface area contributed by atoms with Gasteiger partial charge in [0.05, 0.1) is 22.3 Å². The minimum Gasteiger partial charge on any atom is -0.370 e. The van der Waals surface area contributed by atoms with Crippen LogP contribution in [-0.2, 0) is 4.79 Å². The molecule has 1 unspecified atom stereocenters. The summed E-state index contributed by atoms with van der Waals surface area (Å²) in [4.78, 5) is 19.0. The van der Waals surface area contributed by atoms with Gasteiger partial charge in [0, 0.05) is 49.7 Å². The van der Waals surface area contributed by atoms with Crippen molar-refractivity contribution < 1.29 is 4.79 Å². The van der Waals surface area contributed by atoms with Gasteiger partial charge in [0.15, 0.2) is 0 Å². The zero-order chi connectivity index (χ0) is 19.8. The number of allylic oxidation sites excluding steroid dienone is 4. The summed E-state index contributed by atoms with van der Waals surface area (Å²) < 4.78 is 0. The molecule has 0 bridgehead atoms. The van der Waals surface area contributed by atoms with E-state index < -0.39 is 0 Å². The first kappa shape index (κ1) is 18.4. The largest absolute Gasteiger partial charge is 0.370 e. The van der Waals surface area contributed by atoms with Gasteiger partial charge in [-0.3, -0.25) is 14.9 Å². The third-order valence-electron chi connectivity index (χ3n) is 6.64. The van der Waals surface area contributed by atoms with Crippen LogP contribution in [0.2, 0.25) is 5.02 Å². The Morgan fingerprint density at radius 1 is 1.17 bits per heavy atom. The molecular formula is C22H24ClN5O. The van der Waals surface area contributed by atoms with Gasteiger partial charge in [0.2, 0.25) is 5.91 Å². The second-order valence-corrected chi connectivity index (χ2v) is 8.59. The summed E-state index contributed by atoms with van der Waals surface area (Å²) in [6, 6.07) is 0. The first-order valence-corrected chi connectivity index (χ1v) is 10.6. The molecule has 0 aromatic carbocycles. The normalized spacial score (nSPS) is 23.3. The van der Waals surface area contributed by atoms with E-state index in [9.17, 15) is 4.79 Å². The third kappa shape index (κ3) is 3.25. The summed E-state index contributed by atoms with van der Waals surface area (Å²) in [5.41, 5.74) is 4.25. The molecule has 5 rings (SSSR count). The highest BCUT2D eigenvalue weighted by atomic mass is 35.5. The number of pyridine rings is 1. The van der Waals surface area contributed by atoms with Crippen LogP contribution in [0.15, 0.2) is 43.0 Å². The number of nitrogens with one attached hydrogen (secondary N) is 2. The zero-order valence-corrected chi connectivity index (χ0v) is 17.0. The van der Waals surface area contributed by atoms with Crippen molar-refractivity contribution in [3.63, 3.8) is 0 Å². The highest BCUT2D eigenvalue weighted by Gasteiger charge is 2.44. The van der Waals surface area contributed by atoms with Gasteiger partial charge in [-0.25, -0.2) is 0 Å². The number of H-pyrrole nitrogens is 1.